The predicted octanol–water partition coefficient (Wildman–Crippen LogP) is 2.34. The van der Waals surface area contributed by atoms with E-state index < -0.39 is 0 Å². The Balaban J connectivity index is 2.64. The summed E-state index contributed by atoms with van der Waals surface area (Å²) < 4.78 is 5.47. The van der Waals surface area contributed by atoms with Gasteiger partial charge in [-0.05, 0) is 17.7 Å². The van der Waals surface area contributed by atoms with Gasteiger partial charge in [-0.15, -0.1) is 0 Å². The number of hydrogen-bond acceptors (Lipinski definition) is 3. The molecule has 1 rings (SSSR count). The van der Waals surface area contributed by atoms with Gasteiger partial charge in [0, 0.05) is 6.20 Å². The molecule has 0 aromatic carbocycles. The van der Waals surface area contributed by atoms with Gasteiger partial charge < -0.3 is 10.5 Å². The summed E-state index contributed by atoms with van der Waals surface area (Å²) in [6, 6.07) is 3.55. The van der Waals surface area contributed by atoms with Crippen LogP contribution in [0.25, 0.3) is 0 Å². The Hall–Kier alpha value is -2.03. The van der Waals surface area contributed by atoms with E-state index in [-0.39, 0.29) is 0 Å². The fourth-order valence-corrected chi connectivity index (χ4v) is 1.01. The van der Waals surface area contributed by atoms with Gasteiger partial charge in [-0.1, -0.05) is 31.4 Å². The number of nitrogens with zero attached hydrogens (tertiary/aromatic N) is 1. The number of hydrogen-bond donors (Lipinski definition) is 1. The zero-order chi connectivity index (χ0) is 11.1. The second-order valence-electron chi connectivity index (χ2n) is 2.86. The lowest BCUT2D eigenvalue weighted by Crippen LogP contribution is -2.02. The SMILES string of the molecule is C=C/C=C(\C=C)COc1cccnc1N. The van der Waals surface area contributed by atoms with E-state index >= 15 is 0 Å². The molecule has 2 N–H and O–H groups in total. The summed E-state index contributed by atoms with van der Waals surface area (Å²) in [5, 5.41) is 0. The number of nitrogens with two attached hydrogens (primary N) is 1. The molecule has 0 radical (unpaired) electrons. The number of nitrogen functional groups attached to an aromatic ring is 1. The van der Waals surface area contributed by atoms with E-state index in [0.29, 0.717) is 18.2 Å². The smallest absolute Gasteiger partial charge is 0.166 e. The first kappa shape index (κ1) is 11.0. The van der Waals surface area contributed by atoms with Gasteiger partial charge in [0.2, 0.25) is 0 Å². The first-order valence-corrected chi connectivity index (χ1v) is 4.55. The molecule has 0 saturated heterocycles. The molecule has 0 spiro atoms. The van der Waals surface area contributed by atoms with Crippen LogP contribution in [0, 0.1) is 0 Å². The second kappa shape index (κ2) is 5.65. The molecule has 1 aromatic heterocycles. The maximum Gasteiger partial charge on any atom is 0.166 e. The minimum Gasteiger partial charge on any atom is -0.485 e. The molecule has 0 bridgehead atoms. The Bertz CT molecular complexity index is 383. The van der Waals surface area contributed by atoms with Crippen LogP contribution < -0.4 is 10.5 Å². The lowest BCUT2D eigenvalue weighted by atomic mass is 10.2. The van der Waals surface area contributed by atoms with Crippen molar-refractivity contribution in [3.05, 3.63) is 55.3 Å². The molecule has 0 unspecified atom stereocenters. The third-order valence-corrected chi connectivity index (χ3v) is 1.79. The molecular weight excluding hydrogens is 188 g/mol. The lowest BCUT2D eigenvalue weighted by molar-refractivity contribution is 0.356. The van der Waals surface area contributed by atoms with Crippen LogP contribution in [0.5, 0.6) is 5.75 Å². The molecular formula is C12H14N2O. The maximum absolute atomic E-state index is 5.62. The van der Waals surface area contributed by atoms with Crippen molar-refractivity contribution in [1.82, 2.24) is 4.98 Å². The molecule has 3 heteroatoms. The van der Waals surface area contributed by atoms with Crippen molar-refractivity contribution < 1.29 is 4.74 Å². The highest BCUT2D eigenvalue weighted by molar-refractivity contribution is 5.45. The number of ether oxygens (including phenoxy) is 1. The molecule has 0 amide bonds. The number of anilines is 1. The van der Waals surface area contributed by atoms with Crippen molar-refractivity contribution in [2.24, 2.45) is 0 Å². The summed E-state index contributed by atoms with van der Waals surface area (Å²) in [6.07, 6.45) is 6.86. The zero-order valence-corrected chi connectivity index (χ0v) is 8.52. The molecule has 1 heterocycles. The summed E-state index contributed by atoms with van der Waals surface area (Å²) in [4.78, 5) is 3.92. The highest BCUT2D eigenvalue weighted by Gasteiger charge is 1.99. The highest BCUT2D eigenvalue weighted by atomic mass is 16.5. The van der Waals surface area contributed by atoms with Crippen LogP contribution in [0.15, 0.2) is 55.3 Å². The van der Waals surface area contributed by atoms with Crippen LogP contribution in [-0.2, 0) is 0 Å². The van der Waals surface area contributed by atoms with Crippen LogP contribution in [0.3, 0.4) is 0 Å². The van der Waals surface area contributed by atoms with Gasteiger partial charge in [-0.25, -0.2) is 4.98 Å². The van der Waals surface area contributed by atoms with E-state index in [1.165, 1.54) is 0 Å². The van der Waals surface area contributed by atoms with Gasteiger partial charge in [0.25, 0.3) is 0 Å². The fraction of sp³-hybridized carbons (Fsp3) is 0.0833. The van der Waals surface area contributed by atoms with Crippen molar-refractivity contribution in [2.45, 2.75) is 0 Å². The molecule has 0 saturated carbocycles. The number of allylic oxidation sites excluding steroid dienone is 2. The van der Waals surface area contributed by atoms with Crippen LogP contribution in [0.1, 0.15) is 0 Å². The fourth-order valence-electron chi connectivity index (χ4n) is 1.01. The Morgan fingerprint density at radius 3 is 2.93 bits per heavy atom. The van der Waals surface area contributed by atoms with Crippen molar-refractivity contribution in [3.8, 4) is 5.75 Å². The molecule has 15 heavy (non-hydrogen) atoms. The van der Waals surface area contributed by atoms with Crippen LogP contribution in [0.4, 0.5) is 5.82 Å². The summed E-state index contributed by atoms with van der Waals surface area (Å²) in [7, 11) is 0. The van der Waals surface area contributed by atoms with E-state index in [0.717, 1.165) is 5.57 Å². The number of rotatable bonds is 5. The van der Waals surface area contributed by atoms with Gasteiger partial charge in [0.1, 0.15) is 6.61 Å². The molecule has 78 valence electrons. The Labute approximate surface area is 89.6 Å². The van der Waals surface area contributed by atoms with Gasteiger partial charge in [-0.2, -0.15) is 0 Å². The molecule has 0 fully saturated rings. The molecule has 0 aliphatic heterocycles. The van der Waals surface area contributed by atoms with Crippen LogP contribution in [-0.4, -0.2) is 11.6 Å². The minimum absolute atomic E-state index is 0.388. The minimum atomic E-state index is 0.388. The quantitative estimate of drug-likeness (QED) is 0.745. The summed E-state index contributed by atoms with van der Waals surface area (Å²) in [5.41, 5.74) is 6.56. The largest absolute Gasteiger partial charge is 0.485 e. The normalized spacial score (nSPS) is 10.8. The average molecular weight is 202 g/mol. The van der Waals surface area contributed by atoms with E-state index in [9.17, 15) is 0 Å². The number of aromatic nitrogens is 1. The van der Waals surface area contributed by atoms with E-state index in [2.05, 4.69) is 18.1 Å². The third kappa shape index (κ3) is 3.31. The van der Waals surface area contributed by atoms with E-state index in [4.69, 9.17) is 10.5 Å². The first-order valence-electron chi connectivity index (χ1n) is 4.55. The van der Waals surface area contributed by atoms with Crippen molar-refractivity contribution in [3.63, 3.8) is 0 Å². The van der Waals surface area contributed by atoms with Crippen molar-refractivity contribution in [2.75, 3.05) is 12.3 Å². The lowest BCUT2D eigenvalue weighted by Gasteiger charge is -2.07. The van der Waals surface area contributed by atoms with E-state index in [1.54, 1.807) is 30.5 Å². The molecule has 0 aliphatic rings. The van der Waals surface area contributed by atoms with E-state index in [1.807, 2.05) is 6.08 Å². The third-order valence-electron chi connectivity index (χ3n) is 1.79. The van der Waals surface area contributed by atoms with Crippen LogP contribution >= 0.6 is 0 Å². The highest BCUT2D eigenvalue weighted by Crippen LogP contribution is 2.17. The Morgan fingerprint density at radius 1 is 1.53 bits per heavy atom. The second-order valence-corrected chi connectivity index (χ2v) is 2.86. The maximum atomic E-state index is 5.62. The van der Waals surface area contributed by atoms with Gasteiger partial charge >= 0.3 is 0 Å². The molecule has 0 aliphatic carbocycles. The summed E-state index contributed by atoms with van der Waals surface area (Å²) in [6.45, 7) is 7.68. The Kier molecular flexibility index (Phi) is 4.16. The Morgan fingerprint density at radius 2 is 2.33 bits per heavy atom. The topological polar surface area (TPSA) is 48.1 Å². The zero-order valence-electron chi connectivity index (χ0n) is 8.52. The first-order chi connectivity index (χ1) is 7.27. The van der Waals surface area contributed by atoms with Crippen LogP contribution in [0.2, 0.25) is 0 Å². The monoisotopic (exact) mass is 202 g/mol. The van der Waals surface area contributed by atoms with Gasteiger partial charge in [-0.3, -0.25) is 0 Å². The number of pyridine rings is 1. The molecule has 0 atom stereocenters. The van der Waals surface area contributed by atoms with Crippen molar-refractivity contribution in [1.29, 1.82) is 0 Å². The van der Waals surface area contributed by atoms with Gasteiger partial charge in [0.05, 0.1) is 0 Å². The van der Waals surface area contributed by atoms with Crippen molar-refractivity contribution >= 4 is 5.82 Å². The summed E-state index contributed by atoms with van der Waals surface area (Å²) >= 11 is 0. The summed E-state index contributed by atoms with van der Waals surface area (Å²) in [5.74, 6) is 0.967. The standard InChI is InChI=1S/C12H14N2O/c1-3-6-10(4-2)9-15-11-7-5-8-14-12(11)13/h3-8H,1-2,9H2,(H2,13,14)/b10-6+. The predicted molar refractivity (Wildman–Crippen MR) is 62.6 cm³/mol. The van der Waals surface area contributed by atoms with Gasteiger partial charge in [0.15, 0.2) is 11.6 Å². The molecule has 1 aromatic rings. The molecule has 3 nitrogen and oxygen atoms in total. The average Bonchev–Trinajstić information content (AvgIpc) is 2.26.